The molecule has 0 aliphatic carbocycles. The Hall–Kier alpha value is -0.570. The molecule has 0 aliphatic heterocycles. The third kappa shape index (κ3) is 6.50. The fraction of sp³-hybridized carbons (Fsp3) is 0.917. The maximum atomic E-state index is 11.7. The van der Waals surface area contributed by atoms with Gasteiger partial charge < -0.3 is 9.64 Å². The van der Waals surface area contributed by atoms with Crippen molar-refractivity contribution in [3.05, 3.63) is 0 Å². The van der Waals surface area contributed by atoms with Crippen molar-refractivity contribution in [2.24, 2.45) is 0 Å². The predicted octanol–water partition coefficient (Wildman–Crippen LogP) is 2.45. The highest BCUT2D eigenvalue weighted by Crippen LogP contribution is 2.09. The number of ether oxygens (including phenoxy) is 1. The zero-order chi connectivity index (χ0) is 12.1. The lowest BCUT2D eigenvalue weighted by atomic mass is 10.1. The maximum absolute atomic E-state index is 11.7. The summed E-state index contributed by atoms with van der Waals surface area (Å²) in [4.78, 5) is 13.5. The molecule has 0 bridgehead atoms. The van der Waals surface area contributed by atoms with E-state index >= 15 is 0 Å². The van der Waals surface area contributed by atoms with Gasteiger partial charge in [-0.3, -0.25) is 4.79 Å². The van der Waals surface area contributed by atoms with Gasteiger partial charge >= 0.3 is 0 Å². The molecule has 0 aliphatic rings. The lowest BCUT2D eigenvalue weighted by Gasteiger charge is -2.26. The van der Waals surface area contributed by atoms with E-state index < -0.39 is 0 Å². The Kier molecular flexibility index (Phi) is 5.88. The maximum Gasteiger partial charge on any atom is 0.248 e. The minimum absolute atomic E-state index is 0.0610. The van der Waals surface area contributed by atoms with Crippen molar-refractivity contribution in [1.82, 2.24) is 4.90 Å². The largest absolute Gasteiger partial charge is 0.366 e. The average molecular weight is 215 g/mol. The van der Waals surface area contributed by atoms with Gasteiger partial charge in [0, 0.05) is 13.1 Å². The number of rotatable bonds is 5. The van der Waals surface area contributed by atoms with Crippen molar-refractivity contribution in [2.75, 3.05) is 13.7 Å². The smallest absolute Gasteiger partial charge is 0.248 e. The zero-order valence-electron chi connectivity index (χ0n) is 11.0. The molecular formula is C12H25NO2. The van der Waals surface area contributed by atoms with Crippen LogP contribution in [0.4, 0.5) is 0 Å². The van der Waals surface area contributed by atoms with E-state index in [9.17, 15) is 4.79 Å². The van der Waals surface area contributed by atoms with Gasteiger partial charge in [-0.2, -0.15) is 0 Å². The molecule has 0 spiro atoms. The molecular weight excluding hydrogens is 190 g/mol. The van der Waals surface area contributed by atoms with Crippen LogP contribution in [-0.2, 0) is 9.53 Å². The number of carbonyl (C=O) groups is 1. The molecule has 0 rings (SSSR count). The van der Waals surface area contributed by atoms with Crippen LogP contribution < -0.4 is 0 Å². The van der Waals surface area contributed by atoms with Crippen LogP contribution in [0, 0.1) is 0 Å². The van der Waals surface area contributed by atoms with Gasteiger partial charge in [-0.15, -0.1) is 0 Å². The Morgan fingerprint density at radius 3 is 2.33 bits per heavy atom. The molecule has 3 nitrogen and oxygen atoms in total. The van der Waals surface area contributed by atoms with Crippen LogP contribution in [0.3, 0.4) is 0 Å². The standard InChI is InChI=1S/C12H25NO2/c1-7-8-10(2)13(6)11(14)9-15-12(3,4)5/h10H,7-9H2,1-6H3. The van der Waals surface area contributed by atoms with Crippen molar-refractivity contribution in [3.8, 4) is 0 Å². The zero-order valence-corrected chi connectivity index (χ0v) is 11.0. The first-order chi connectivity index (χ1) is 6.78. The molecule has 15 heavy (non-hydrogen) atoms. The molecule has 1 amide bonds. The molecule has 0 aromatic heterocycles. The second-order valence-electron chi connectivity index (χ2n) is 5.04. The Bertz CT molecular complexity index is 196. The van der Waals surface area contributed by atoms with Crippen molar-refractivity contribution in [3.63, 3.8) is 0 Å². The quantitative estimate of drug-likeness (QED) is 0.705. The summed E-state index contributed by atoms with van der Waals surface area (Å²) in [5.41, 5.74) is -0.246. The molecule has 0 saturated carbocycles. The molecule has 1 atom stereocenters. The normalized spacial score (nSPS) is 13.7. The van der Waals surface area contributed by atoms with Crippen molar-refractivity contribution in [1.29, 1.82) is 0 Å². The number of hydrogen-bond donors (Lipinski definition) is 0. The molecule has 0 radical (unpaired) electrons. The highest BCUT2D eigenvalue weighted by molar-refractivity contribution is 5.77. The fourth-order valence-electron chi connectivity index (χ4n) is 1.24. The second kappa shape index (κ2) is 6.11. The Morgan fingerprint density at radius 2 is 1.93 bits per heavy atom. The van der Waals surface area contributed by atoms with Crippen molar-refractivity contribution in [2.45, 2.75) is 59.1 Å². The topological polar surface area (TPSA) is 29.5 Å². The third-order valence-electron chi connectivity index (χ3n) is 2.39. The summed E-state index contributed by atoms with van der Waals surface area (Å²) < 4.78 is 5.45. The van der Waals surface area contributed by atoms with Crippen LogP contribution in [0.15, 0.2) is 0 Å². The van der Waals surface area contributed by atoms with Gasteiger partial charge in [-0.25, -0.2) is 0 Å². The van der Waals surface area contributed by atoms with Gasteiger partial charge in [-0.1, -0.05) is 13.3 Å². The first-order valence-corrected chi connectivity index (χ1v) is 5.67. The van der Waals surface area contributed by atoms with Crippen LogP contribution in [0.1, 0.15) is 47.5 Å². The molecule has 3 heteroatoms. The van der Waals surface area contributed by atoms with E-state index in [1.54, 1.807) is 4.90 Å². The Labute approximate surface area is 93.8 Å². The Balaban J connectivity index is 3.99. The van der Waals surface area contributed by atoms with E-state index in [2.05, 4.69) is 13.8 Å². The van der Waals surface area contributed by atoms with Crippen LogP contribution in [-0.4, -0.2) is 36.1 Å². The van der Waals surface area contributed by atoms with Gasteiger partial charge in [0.15, 0.2) is 0 Å². The molecule has 0 N–H and O–H groups in total. The average Bonchev–Trinajstić information content (AvgIpc) is 2.12. The highest BCUT2D eigenvalue weighted by Gasteiger charge is 2.18. The number of carbonyl (C=O) groups excluding carboxylic acids is 1. The van der Waals surface area contributed by atoms with Crippen LogP contribution >= 0.6 is 0 Å². The summed E-state index contributed by atoms with van der Waals surface area (Å²) >= 11 is 0. The molecule has 0 heterocycles. The van der Waals surface area contributed by atoms with Crippen molar-refractivity contribution < 1.29 is 9.53 Å². The monoisotopic (exact) mass is 215 g/mol. The summed E-state index contributed by atoms with van der Waals surface area (Å²) in [6.45, 7) is 10.2. The van der Waals surface area contributed by atoms with Gasteiger partial charge in [-0.05, 0) is 34.1 Å². The SMILES string of the molecule is CCCC(C)N(C)C(=O)COC(C)(C)C. The minimum Gasteiger partial charge on any atom is -0.366 e. The first kappa shape index (κ1) is 14.4. The van der Waals surface area contributed by atoms with Gasteiger partial charge in [0.1, 0.15) is 6.61 Å². The van der Waals surface area contributed by atoms with Crippen molar-refractivity contribution >= 4 is 5.91 Å². The predicted molar refractivity (Wildman–Crippen MR) is 62.8 cm³/mol. The first-order valence-electron chi connectivity index (χ1n) is 5.67. The molecule has 0 aromatic rings. The van der Waals surface area contributed by atoms with Crippen LogP contribution in [0.25, 0.3) is 0 Å². The Morgan fingerprint density at radius 1 is 1.40 bits per heavy atom. The van der Waals surface area contributed by atoms with E-state index in [0.717, 1.165) is 12.8 Å². The minimum atomic E-state index is -0.246. The number of likely N-dealkylation sites (N-methyl/N-ethyl adjacent to an activating group) is 1. The van der Waals surface area contributed by atoms with Gasteiger partial charge in [0.05, 0.1) is 5.60 Å². The molecule has 0 saturated heterocycles. The molecule has 0 aromatic carbocycles. The van der Waals surface area contributed by atoms with E-state index in [1.165, 1.54) is 0 Å². The van der Waals surface area contributed by atoms with Crippen LogP contribution in [0.2, 0.25) is 0 Å². The second-order valence-corrected chi connectivity index (χ2v) is 5.04. The molecule has 1 unspecified atom stereocenters. The molecule has 0 fully saturated rings. The lowest BCUT2D eigenvalue weighted by Crippen LogP contribution is -2.39. The van der Waals surface area contributed by atoms with Gasteiger partial charge in [0.2, 0.25) is 5.91 Å². The fourth-order valence-corrected chi connectivity index (χ4v) is 1.24. The summed E-state index contributed by atoms with van der Waals surface area (Å²) in [6.07, 6.45) is 2.14. The summed E-state index contributed by atoms with van der Waals surface area (Å²) in [5.74, 6) is 0.0610. The molecule has 90 valence electrons. The number of nitrogens with zero attached hydrogens (tertiary/aromatic N) is 1. The summed E-state index contributed by atoms with van der Waals surface area (Å²) in [5, 5.41) is 0. The summed E-state index contributed by atoms with van der Waals surface area (Å²) in [7, 11) is 1.84. The number of amides is 1. The van der Waals surface area contributed by atoms with E-state index in [0.29, 0.717) is 6.04 Å². The van der Waals surface area contributed by atoms with E-state index in [4.69, 9.17) is 4.74 Å². The number of hydrogen-bond acceptors (Lipinski definition) is 2. The van der Waals surface area contributed by atoms with Gasteiger partial charge in [0.25, 0.3) is 0 Å². The van der Waals surface area contributed by atoms with E-state index in [-0.39, 0.29) is 18.1 Å². The van der Waals surface area contributed by atoms with E-state index in [1.807, 2.05) is 27.8 Å². The summed E-state index contributed by atoms with van der Waals surface area (Å²) in [6, 6.07) is 0.297. The lowest BCUT2D eigenvalue weighted by molar-refractivity contribution is -0.141. The van der Waals surface area contributed by atoms with Crippen LogP contribution in [0.5, 0.6) is 0 Å². The highest BCUT2D eigenvalue weighted by atomic mass is 16.5. The third-order valence-corrected chi connectivity index (χ3v) is 2.39.